The number of carbonyl (C=O) groups is 2. The van der Waals surface area contributed by atoms with Crippen molar-refractivity contribution in [1.82, 2.24) is 10.6 Å². The summed E-state index contributed by atoms with van der Waals surface area (Å²) in [5, 5.41) is 7.92. The first-order valence-corrected chi connectivity index (χ1v) is 9.82. The van der Waals surface area contributed by atoms with Crippen molar-refractivity contribution in [3.63, 3.8) is 0 Å². The van der Waals surface area contributed by atoms with E-state index < -0.39 is 6.04 Å². The summed E-state index contributed by atoms with van der Waals surface area (Å²) in [6.45, 7) is 3.63. The highest BCUT2D eigenvalue weighted by molar-refractivity contribution is 5.88. The van der Waals surface area contributed by atoms with E-state index in [1.807, 2.05) is 62.4 Å². The van der Waals surface area contributed by atoms with Gasteiger partial charge in [0.2, 0.25) is 11.8 Å². The maximum atomic E-state index is 12.6. The minimum Gasteiger partial charge on any atom is -0.346 e. The zero-order chi connectivity index (χ0) is 20.8. The predicted molar refractivity (Wildman–Crippen MR) is 123 cm³/mol. The summed E-state index contributed by atoms with van der Waals surface area (Å²) in [7, 11) is 0. The van der Waals surface area contributed by atoms with Crippen LogP contribution in [0.2, 0.25) is 0 Å². The molecule has 0 aliphatic heterocycles. The van der Waals surface area contributed by atoms with Gasteiger partial charge in [0, 0.05) is 0 Å². The van der Waals surface area contributed by atoms with Crippen LogP contribution in [-0.4, -0.2) is 24.4 Å². The number of benzene rings is 3. The third-order valence-electron chi connectivity index (χ3n) is 4.99. The second kappa shape index (κ2) is 10.8. The zero-order valence-electron chi connectivity index (χ0n) is 17.2. The molecule has 5 nitrogen and oxygen atoms in total. The van der Waals surface area contributed by atoms with E-state index in [9.17, 15) is 9.59 Å². The molecule has 0 fully saturated rings. The number of fused-ring (bicyclic) bond motifs is 1. The Bertz CT molecular complexity index is 992. The summed E-state index contributed by atoms with van der Waals surface area (Å²) in [4.78, 5) is 24.6. The molecule has 2 atom stereocenters. The number of halogens is 1. The van der Waals surface area contributed by atoms with Crippen molar-refractivity contribution < 1.29 is 9.59 Å². The fraction of sp³-hybridized carbons (Fsp3) is 0.250. The van der Waals surface area contributed by atoms with Crippen LogP contribution in [0.4, 0.5) is 0 Å². The minimum atomic E-state index is -0.631. The average molecular weight is 426 g/mol. The lowest BCUT2D eigenvalue weighted by Crippen LogP contribution is -2.47. The molecule has 3 rings (SSSR count). The Balaban J connectivity index is 0.00000320. The molecule has 158 valence electrons. The van der Waals surface area contributed by atoms with Gasteiger partial charge in [-0.2, -0.15) is 0 Å². The number of hydrogen-bond acceptors (Lipinski definition) is 3. The van der Waals surface area contributed by atoms with E-state index >= 15 is 0 Å². The van der Waals surface area contributed by atoms with E-state index in [1.54, 1.807) is 0 Å². The average Bonchev–Trinajstić information content (AvgIpc) is 2.75. The fourth-order valence-electron chi connectivity index (χ4n) is 3.19. The molecule has 6 heteroatoms. The first-order chi connectivity index (χ1) is 14.0. The molecule has 3 aromatic rings. The van der Waals surface area contributed by atoms with Gasteiger partial charge in [0.25, 0.3) is 0 Å². The molecule has 1 unspecified atom stereocenters. The maximum Gasteiger partial charge on any atom is 0.240 e. The molecule has 0 saturated carbocycles. The monoisotopic (exact) mass is 425 g/mol. The summed E-state index contributed by atoms with van der Waals surface area (Å²) >= 11 is 0. The molecule has 4 N–H and O–H groups in total. The standard InChI is InChI=1S/C24H27N3O2.ClH/c1-16(2)22(25)24(29)26-15-21(28)27-23(18-9-4-3-5-10-18)20-13-12-17-8-6-7-11-19(17)14-20;/h3-14,16,22-23H,15,25H2,1-2H3,(H,26,29)(H,27,28);1H/t22-,23?;/m0./s1. The summed E-state index contributed by atoms with van der Waals surface area (Å²) in [5.41, 5.74) is 7.79. The van der Waals surface area contributed by atoms with Gasteiger partial charge in [-0.15, -0.1) is 12.4 Å². The zero-order valence-corrected chi connectivity index (χ0v) is 18.0. The van der Waals surface area contributed by atoms with E-state index in [4.69, 9.17) is 5.73 Å². The van der Waals surface area contributed by atoms with Crippen LogP contribution in [0.15, 0.2) is 72.8 Å². The summed E-state index contributed by atoms with van der Waals surface area (Å²) < 4.78 is 0. The lowest BCUT2D eigenvalue weighted by atomic mass is 9.96. The smallest absolute Gasteiger partial charge is 0.240 e. The number of nitrogens with one attached hydrogen (secondary N) is 2. The quantitative estimate of drug-likeness (QED) is 0.541. The number of carbonyl (C=O) groups excluding carboxylic acids is 2. The lowest BCUT2D eigenvalue weighted by Gasteiger charge is -2.21. The van der Waals surface area contributed by atoms with Gasteiger partial charge >= 0.3 is 0 Å². The Morgan fingerprint density at radius 3 is 2.17 bits per heavy atom. The lowest BCUT2D eigenvalue weighted by molar-refractivity contribution is -0.127. The topological polar surface area (TPSA) is 84.2 Å². The highest BCUT2D eigenvalue weighted by atomic mass is 35.5. The molecule has 30 heavy (non-hydrogen) atoms. The van der Waals surface area contributed by atoms with Crippen molar-refractivity contribution in [2.75, 3.05) is 6.54 Å². The molecule has 0 bridgehead atoms. The molecule has 0 radical (unpaired) electrons. The van der Waals surface area contributed by atoms with Crippen LogP contribution in [0.3, 0.4) is 0 Å². The summed E-state index contributed by atoms with van der Waals surface area (Å²) in [6, 6.07) is 23.1. The van der Waals surface area contributed by atoms with Crippen molar-refractivity contribution >= 4 is 35.0 Å². The van der Waals surface area contributed by atoms with Gasteiger partial charge in [-0.1, -0.05) is 80.6 Å². The second-order valence-electron chi connectivity index (χ2n) is 7.51. The normalized spacial score (nSPS) is 12.7. The summed E-state index contributed by atoms with van der Waals surface area (Å²) in [5.74, 6) is -0.582. The third-order valence-corrected chi connectivity index (χ3v) is 4.99. The van der Waals surface area contributed by atoms with E-state index in [0.29, 0.717) is 0 Å². The molecule has 2 amide bonds. The van der Waals surface area contributed by atoms with E-state index in [1.165, 1.54) is 0 Å². The Morgan fingerprint density at radius 1 is 0.867 bits per heavy atom. The largest absolute Gasteiger partial charge is 0.346 e. The van der Waals surface area contributed by atoms with Crippen LogP contribution < -0.4 is 16.4 Å². The first-order valence-electron chi connectivity index (χ1n) is 9.82. The van der Waals surface area contributed by atoms with Gasteiger partial charge in [-0.3, -0.25) is 9.59 Å². The first kappa shape index (κ1) is 23.4. The van der Waals surface area contributed by atoms with Crippen LogP contribution in [-0.2, 0) is 9.59 Å². The van der Waals surface area contributed by atoms with Gasteiger partial charge < -0.3 is 16.4 Å². The molecular weight excluding hydrogens is 398 g/mol. The van der Waals surface area contributed by atoms with E-state index in [-0.39, 0.29) is 42.7 Å². The van der Waals surface area contributed by atoms with Crippen LogP contribution in [0.25, 0.3) is 10.8 Å². The molecule has 0 heterocycles. The van der Waals surface area contributed by atoms with E-state index in [2.05, 4.69) is 34.9 Å². The minimum absolute atomic E-state index is 0. The molecule has 3 aromatic carbocycles. The van der Waals surface area contributed by atoms with Gasteiger partial charge in [0.1, 0.15) is 0 Å². The molecule has 0 aliphatic carbocycles. The van der Waals surface area contributed by atoms with Gasteiger partial charge in [-0.05, 0) is 33.9 Å². The van der Waals surface area contributed by atoms with Crippen LogP contribution in [0, 0.1) is 5.92 Å². The summed E-state index contributed by atoms with van der Waals surface area (Å²) in [6.07, 6.45) is 0. The molecule has 0 aliphatic rings. The highest BCUT2D eigenvalue weighted by Crippen LogP contribution is 2.25. The number of amides is 2. The SMILES string of the molecule is CC(C)[C@H](N)C(=O)NCC(=O)NC(c1ccccc1)c1ccc2ccccc2c1.Cl. The Labute approximate surface area is 183 Å². The predicted octanol–water partition coefficient (Wildman–Crippen LogP) is 3.57. The Kier molecular flexibility index (Phi) is 8.39. The van der Waals surface area contributed by atoms with Crippen LogP contribution in [0.5, 0.6) is 0 Å². The Morgan fingerprint density at radius 2 is 1.50 bits per heavy atom. The molecular formula is C24H28ClN3O2. The number of nitrogens with two attached hydrogens (primary N) is 1. The number of hydrogen-bond donors (Lipinski definition) is 3. The van der Waals surface area contributed by atoms with Crippen molar-refractivity contribution in [3.8, 4) is 0 Å². The number of rotatable bonds is 7. The van der Waals surface area contributed by atoms with Gasteiger partial charge in [0.15, 0.2) is 0 Å². The molecule has 0 aromatic heterocycles. The van der Waals surface area contributed by atoms with Gasteiger partial charge in [0.05, 0.1) is 18.6 Å². The van der Waals surface area contributed by atoms with Crippen molar-refractivity contribution in [1.29, 1.82) is 0 Å². The Hall–Kier alpha value is -2.89. The molecule has 0 spiro atoms. The van der Waals surface area contributed by atoms with Gasteiger partial charge in [-0.25, -0.2) is 0 Å². The second-order valence-corrected chi connectivity index (χ2v) is 7.51. The third kappa shape index (κ3) is 5.81. The molecule has 0 saturated heterocycles. The van der Waals surface area contributed by atoms with Crippen molar-refractivity contribution in [2.45, 2.75) is 25.9 Å². The van der Waals surface area contributed by atoms with Crippen LogP contribution >= 0.6 is 12.4 Å². The fourth-order valence-corrected chi connectivity index (χ4v) is 3.19. The van der Waals surface area contributed by atoms with Crippen molar-refractivity contribution in [2.24, 2.45) is 11.7 Å². The van der Waals surface area contributed by atoms with E-state index in [0.717, 1.165) is 21.9 Å². The highest BCUT2D eigenvalue weighted by Gasteiger charge is 2.20. The van der Waals surface area contributed by atoms with Crippen LogP contribution in [0.1, 0.15) is 31.0 Å². The maximum absolute atomic E-state index is 12.6. The van der Waals surface area contributed by atoms with Crippen molar-refractivity contribution in [3.05, 3.63) is 83.9 Å².